The van der Waals surface area contributed by atoms with Crippen LogP contribution in [-0.4, -0.2) is 36.5 Å². The summed E-state index contributed by atoms with van der Waals surface area (Å²) in [5.41, 5.74) is 2.75. The van der Waals surface area contributed by atoms with E-state index in [0.29, 0.717) is 30.3 Å². The van der Waals surface area contributed by atoms with Crippen molar-refractivity contribution in [3.63, 3.8) is 0 Å². The third kappa shape index (κ3) is 2.58. The summed E-state index contributed by atoms with van der Waals surface area (Å²) in [5, 5.41) is 11.1. The molecule has 0 amide bonds. The molecule has 0 saturated carbocycles. The quantitative estimate of drug-likeness (QED) is 0.907. The maximum absolute atomic E-state index is 11.8. The zero-order chi connectivity index (χ0) is 16.6. The van der Waals surface area contributed by atoms with E-state index in [1.807, 2.05) is 0 Å². The van der Waals surface area contributed by atoms with Gasteiger partial charge in [-0.05, 0) is 37.0 Å². The second kappa shape index (κ2) is 6.42. The SMILES string of the molecule is COCCn1c2c(c3c(OC)ccc(Cl)c31)C(C(=O)O)CCC2. The van der Waals surface area contributed by atoms with Gasteiger partial charge in [-0.3, -0.25) is 4.79 Å². The Labute approximate surface area is 139 Å². The number of carboxylic acids is 1. The van der Waals surface area contributed by atoms with E-state index in [0.717, 1.165) is 35.0 Å². The smallest absolute Gasteiger partial charge is 0.311 e. The van der Waals surface area contributed by atoms with Gasteiger partial charge < -0.3 is 19.1 Å². The van der Waals surface area contributed by atoms with Crippen molar-refractivity contribution in [3.05, 3.63) is 28.4 Å². The molecular weight excluding hydrogens is 318 g/mol. The monoisotopic (exact) mass is 337 g/mol. The number of nitrogens with zero attached hydrogens (tertiary/aromatic N) is 1. The number of benzene rings is 1. The lowest BCUT2D eigenvalue weighted by atomic mass is 9.85. The van der Waals surface area contributed by atoms with Gasteiger partial charge >= 0.3 is 5.97 Å². The van der Waals surface area contributed by atoms with E-state index in [-0.39, 0.29) is 0 Å². The van der Waals surface area contributed by atoms with Gasteiger partial charge in [0.1, 0.15) is 5.75 Å². The van der Waals surface area contributed by atoms with Crippen LogP contribution in [0.2, 0.25) is 5.02 Å². The fraction of sp³-hybridized carbons (Fsp3) is 0.471. The van der Waals surface area contributed by atoms with E-state index in [2.05, 4.69) is 4.57 Å². The summed E-state index contributed by atoms with van der Waals surface area (Å²) in [4.78, 5) is 11.8. The standard InChI is InChI=1S/C17H20ClNO4/c1-22-9-8-19-12-5-3-4-10(17(20)21)14(12)15-13(23-2)7-6-11(18)16(15)19/h6-7,10H,3-5,8-9H2,1-2H3,(H,20,21). The Morgan fingerprint density at radius 2 is 2.22 bits per heavy atom. The zero-order valence-corrected chi connectivity index (χ0v) is 14.0. The first-order valence-corrected chi connectivity index (χ1v) is 8.07. The molecule has 0 saturated heterocycles. The second-order valence-electron chi connectivity index (χ2n) is 5.76. The van der Waals surface area contributed by atoms with Crippen molar-refractivity contribution >= 4 is 28.5 Å². The average molecular weight is 338 g/mol. The maximum atomic E-state index is 11.8. The lowest BCUT2D eigenvalue weighted by Crippen LogP contribution is -2.19. The zero-order valence-electron chi connectivity index (χ0n) is 13.3. The van der Waals surface area contributed by atoms with Crippen molar-refractivity contribution < 1.29 is 19.4 Å². The van der Waals surface area contributed by atoms with E-state index >= 15 is 0 Å². The van der Waals surface area contributed by atoms with E-state index in [1.54, 1.807) is 26.4 Å². The van der Waals surface area contributed by atoms with Gasteiger partial charge in [0.15, 0.2) is 0 Å². The summed E-state index contributed by atoms with van der Waals surface area (Å²) in [6.45, 7) is 1.18. The molecule has 0 fully saturated rings. The number of halogens is 1. The Kier molecular flexibility index (Phi) is 4.50. The van der Waals surface area contributed by atoms with E-state index < -0.39 is 11.9 Å². The largest absolute Gasteiger partial charge is 0.496 e. The highest BCUT2D eigenvalue weighted by molar-refractivity contribution is 6.35. The van der Waals surface area contributed by atoms with Crippen molar-refractivity contribution in [2.24, 2.45) is 0 Å². The minimum absolute atomic E-state index is 0.516. The van der Waals surface area contributed by atoms with Crippen molar-refractivity contribution in [2.75, 3.05) is 20.8 Å². The van der Waals surface area contributed by atoms with Gasteiger partial charge in [0.05, 0.1) is 30.2 Å². The number of hydrogen-bond acceptors (Lipinski definition) is 3. The van der Waals surface area contributed by atoms with Crippen molar-refractivity contribution in [2.45, 2.75) is 31.7 Å². The molecule has 1 atom stereocenters. The number of methoxy groups -OCH3 is 2. The third-order valence-corrected chi connectivity index (χ3v) is 4.86. The summed E-state index contributed by atoms with van der Waals surface area (Å²) in [6.07, 6.45) is 2.34. The molecule has 1 unspecified atom stereocenters. The Bertz CT molecular complexity index is 753. The molecule has 1 N–H and O–H groups in total. The highest BCUT2D eigenvalue weighted by Gasteiger charge is 2.33. The number of ether oxygens (including phenoxy) is 2. The number of hydrogen-bond donors (Lipinski definition) is 1. The lowest BCUT2D eigenvalue weighted by Gasteiger charge is -2.21. The van der Waals surface area contributed by atoms with Crippen LogP contribution in [0.25, 0.3) is 10.9 Å². The minimum Gasteiger partial charge on any atom is -0.496 e. The van der Waals surface area contributed by atoms with Crippen LogP contribution in [0.15, 0.2) is 12.1 Å². The van der Waals surface area contributed by atoms with Crippen molar-refractivity contribution in [1.82, 2.24) is 4.57 Å². The Hall–Kier alpha value is -1.72. The third-order valence-electron chi connectivity index (χ3n) is 4.56. The highest BCUT2D eigenvalue weighted by atomic mass is 35.5. The first-order valence-electron chi connectivity index (χ1n) is 7.69. The molecule has 6 heteroatoms. The number of carboxylic acid groups (broad SMARTS) is 1. The first-order chi connectivity index (χ1) is 11.1. The minimum atomic E-state index is -0.793. The lowest BCUT2D eigenvalue weighted by molar-refractivity contribution is -0.139. The molecule has 1 aromatic carbocycles. The Morgan fingerprint density at radius 3 is 2.87 bits per heavy atom. The van der Waals surface area contributed by atoms with Crippen LogP contribution in [0.4, 0.5) is 0 Å². The summed E-state index contributed by atoms with van der Waals surface area (Å²) in [7, 11) is 3.25. The van der Waals surface area contributed by atoms with Crippen LogP contribution in [0, 0.1) is 0 Å². The van der Waals surface area contributed by atoms with Crippen LogP contribution in [0.3, 0.4) is 0 Å². The van der Waals surface area contributed by atoms with Gasteiger partial charge in [0, 0.05) is 24.7 Å². The molecule has 0 bridgehead atoms. The molecule has 1 aliphatic carbocycles. The molecule has 1 aliphatic rings. The highest BCUT2D eigenvalue weighted by Crippen LogP contribution is 2.45. The molecule has 2 aromatic rings. The van der Waals surface area contributed by atoms with Gasteiger partial charge in [-0.25, -0.2) is 0 Å². The van der Waals surface area contributed by atoms with Gasteiger partial charge in [-0.15, -0.1) is 0 Å². The van der Waals surface area contributed by atoms with Crippen LogP contribution in [0.5, 0.6) is 5.75 Å². The van der Waals surface area contributed by atoms with Gasteiger partial charge in [0.25, 0.3) is 0 Å². The van der Waals surface area contributed by atoms with Crippen molar-refractivity contribution in [3.8, 4) is 5.75 Å². The predicted octanol–water partition coefficient (Wildman–Crippen LogP) is 3.45. The predicted molar refractivity (Wildman–Crippen MR) is 88.7 cm³/mol. The van der Waals surface area contributed by atoms with E-state index in [9.17, 15) is 9.90 Å². The molecule has 1 aromatic heterocycles. The van der Waals surface area contributed by atoms with Crippen LogP contribution >= 0.6 is 11.6 Å². The average Bonchev–Trinajstić information content (AvgIpc) is 2.88. The molecule has 124 valence electrons. The molecule has 0 spiro atoms. The number of aromatic nitrogens is 1. The topological polar surface area (TPSA) is 60.7 Å². The summed E-state index contributed by atoms with van der Waals surface area (Å²) < 4.78 is 12.8. The van der Waals surface area contributed by atoms with Crippen LogP contribution in [0.1, 0.15) is 30.0 Å². The number of fused-ring (bicyclic) bond motifs is 3. The van der Waals surface area contributed by atoms with E-state index in [1.165, 1.54) is 0 Å². The Balaban J connectivity index is 2.36. The number of rotatable bonds is 5. The van der Waals surface area contributed by atoms with Crippen LogP contribution in [-0.2, 0) is 22.5 Å². The van der Waals surface area contributed by atoms with Crippen LogP contribution < -0.4 is 4.74 Å². The van der Waals surface area contributed by atoms with Gasteiger partial charge in [-0.1, -0.05) is 11.6 Å². The Morgan fingerprint density at radius 1 is 1.43 bits per heavy atom. The molecule has 0 radical (unpaired) electrons. The number of aliphatic carboxylic acids is 1. The van der Waals surface area contributed by atoms with Gasteiger partial charge in [-0.2, -0.15) is 0 Å². The fourth-order valence-corrected chi connectivity index (χ4v) is 3.86. The molecule has 1 heterocycles. The molecular formula is C17H20ClNO4. The molecule has 23 heavy (non-hydrogen) atoms. The summed E-state index contributed by atoms with van der Waals surface area (Å²) in [6, 6.07) is 3.60. The fourth-order valence-electron chi connectivity index (χ4n) is 3.61. The summed E-state index contributed by atoms with van der Waals surface area (Å²) >= 11 is 6.45. The maximum Gasteiger partial charge on any atom is 0.311 e. The number of carbonyl (C=O) groups is 1. The van der Waals surface area contributed by atoms with Gasteiger partial charge in [0.2, 0.25) is 0 Å². The molecule has 5 nitrogen and oxygen atoms in total. The first kappa shape index (κ1) is 16.1. The summed E-state index contributed by atoms with van der Waals surface area (Å²) in [5.74, 6) is -0.638. The van der Waals surface area contributed by atoms with E-state index in [4.69, 9.17) is 21.1 Å². The normalized spacial score (nSPS) is 17.3. The molecule has 0 aliphatic heterocycles. The molecule has 3 rings (SSSR count). The van der Waals surface area contributed by atoms with Crippen molar-refractivity contribution in [1.29, 1.82) is 0 Å². The second-order valence-corrected chi connectivity index (χ2v) is 6.17.